The highest BCUT2D eigenvalue weighted by atomic mass is 32.2. The summed E-state index contributed by atoms with van der Waals surface area (Å²) in [5, 5.41) is 2.68. The molecule has 11 nitrogen and oxygen atoms in total. The molecule has 2 aromatic carbocycles. The lowest BCUT2D eigenvalue weighted by molar-refractivity contribution is -0.116. The third-order valence-corrected chi connectivity index (χ3v) is 6.39. The first-order chi connectivity index (χ1) is 16.4. The van der Waals surface area contributed by atoms with E-state index in [2.05, 4.69) is 20.0 Å². The number of carbonyl (C=O) groups excluding carboxylic acids is 2. The van der Waals surface area contributed by atoms with Crippen molar-refractivity contribution in [3.05, 3.63) is 67.0 Å². The summed E-state index contributed by atoms with van der Waals surface area (Å²) in [6.45, 7) is 0.670. The monoisotopic (exact) mass is 482 g/mol. The molecule has 0 atom stereocenters. The van der Waals surface area contributed by atoms with Gasteiger partial charge < -0.3 is 15.0 Å². The summed E-state index contributed by atoms with van der Waals surface area (Å²) >= 11 is 0. The van der Waals surface area contributed by atoms with E-state index in [9.17, 15) is 18.0 Å². The van der Waals surface area contributed by atoms with Crippen molar-refractivity contribution in [2.75, 3.05) is 41.7 Å². The molecule has 0 spiro atoms. The van der Waals surface area contributed by atoms with Gasteiger partial charge in [0.2, 0.25) is 11.9 Å². The van der Waals surface area contributed by atoms with Crippen LogP contribution in [-0.2, 0) is 14.8 Å². The number of carbonyl (C=O) groups is 2. The molecule has 1 aliphatic rings. The van der Waals surface area contributed by atoms with Gasteiger partial charge in [0.1, 0.15) is 12.3 Å². The maximum Gasteiger partial charge on any atom is 0.325 e. The summed E-state index contributed by atoms with van der Waals surface area (Å²) < 4.78 is 32.5. The van der Waals surface area contributed by atoms with Crippen molar-refractivity contribution in [3.63, 3.8) is 0 Å². The second-order valence-electron chi connectivity index (χ2n) is 7.28. The first-order valence-electron chi connectivity index (χ1n) is 10.3. The molecule has 0 bridgehead atoms. The van der Waals surface area contributed by atoms with Crippen LogP contribution in [0.2, 0.25) is 0 Å². The molecule has 0 radical (unpaired) electrons. The first-order valence-corrected chi connectivity index (χ1v) is 11.7. The van der Waals surface area contributed by atoms with E-state index in [0.29, 0.717) is 30.2 Å². The van der Waals surface area contributed by atoms with E-state index in [0.717, 1.165) is 0 Å². The van der Waals surface area contributed by atoms with Crippen molar-refractivity contribution in [2.45, 2.75) is 4.90 Å². The maximum atomic E-state index is 12.8. The highest BCUT2D eigenvalue weighted by molar-refractivity contribution is 7.92. The molecular weight excluding hydrogens is 460 g/mol. The zero-order chi connectivity index (χ0) is 24.1. The lowest BCUT2D eigenvalue weighted by atomic mass is 10.2. The minimum absolute atomic E-state index is 0.0138. The van der Waals surface area contributed by atoms with Crippen LogP contribution in [0.1, 0.15) is 0 Å². The van der Waals surface area contributed by atoms with E-state index in [1.54, 1.807) is 23.1 Å². The van der Waals surface area contributed by atoms with Gasteiger partial charge in [-0.2, -0.15) is 0 Å². The molecule has 0 unspecified atom stereocenters. The molecule has 2 heterocycles. The summed E-state index contributed by atoms with van der Waals surface area (Å²) in [6, 6.07) is 14.1. The molecule has 0 saturated carbocycles. The first kappa shape index (κ1) is 23.0. The number of urea groups is 1. The Balaban J connectivity index is 1.36. The molecule has 3 aromatic rings. The van der Waals surface area contributed by atoms with Crippen molar-refractivity contribution in [2.24, 2.45) is 0 Å². The van der Waals surface area contributed by atoms with Crippen LogP contribution in [0.4, 0.5) is 22.1 Å². The Morgan fingerprint density at radius 1 is 1.03 bits per heavy atom. The Labute approximate surface area is 196 Å². The number of benzene rings is 2. The third-order valence-electron chi connectivity index (χ3n) is 5.05. The predicted molar refractivity (Wildman–Crippen MR) is 125 cm³/mol. The number of para-hydroxylation sites is 2. The molecule has 12 heteroatoms. The second-order valence-corrected chi connectivity index (χ2v) is 8.96. The fourth-order valence-electron chi connectivity index (χ4n) is 3.43. The van der Waals surface area contributed by atoms with Gasteiger partial charge in [0, 0.05) is 31.2 Å². The van der Waals surface area contributed by atoms with Gasteiger partial charge in [-0.05, 0) is 42.5 Å². The zero-order valence-electron chi connectivity index (χ0n) is 18.2. The summed E-state index contributed by atoms with van der Waals surface area (Å²) in [4.78, 5) is 36.0. The Morgan fingerprint density at radius 2 is 1.74 bits per heavy atom. The highest BCUT2D eigenvalue weighted by Crippen LogP contribution is 2.30. The quantitative estimate of drug-likeness (QED) is 0.503. The fourth-order valence-corrected chi connectivity index (χ4v) is 4.39. The van der Waals surface area contributed by atoms with E-state index >= 15 is 0 Å². The number of amides is 3. The van der Waals surface area contributed by atoms with Gasteiger partial charge in [-0.15, -0.1) is 0 Å². The molecule has 2 N–H and O–H groups in total. The summed E-state index contributed by atoms with van der Waals surface area (Å²) in [6.07, 6.45) is 2.84. The highest BCUT2D eigenvalue weighted by Gasteiger charge is 2.32. The normalized spacial score (nSPS) is 13.6. The molecule has 1 aromatic heterocycles. The smallest absolute Gasteiger partial charge is 0.325 e. The number of methoxy groups -OCH3 is 1. The largest absolute Gasteiger partial charge is 0.495 e. The minimum Gasteiger partial charge on any atom is -0.495 e. The minimum atomic E-state index is -3.88. The van der Waals surface area contributed by atoms with Crippen molar-refractivity contribution < 1.29 is 22.7 Å². The van der Waals surface area contributed by atoms with Crippen LogP contribution in [-0.4, -0.2) is 62.0 Å². The van der Waals surface area contributed by atoms with Gasteiger partial charge in [0.25, 0.3) is 10.0 Å². The van der Waals surface area contributed by atoms with Crippen LogP contribution in [0.15, 0.2) is 71.9 Å². The Morgan fingerprint density at radius 3 is 2.44 bits per heavy atom. The van der Waals surface area contributed by atoms with E-state index in [4.69, 9.17) is 4.74 Å². The van der Waals surface area contributed by atoms with Crippen LogP contribution in [0.25, 0.3) is 0 Å². The van der Waals surface area contributed by atoms with Crippen molar-refractivity contribution >= 4 is 39.3 Å². The Kier molecular flexibility index (Phi) is 6.59. The van der Waals surface area contributed by atoms with Gasteiger partial charge in [0.05, 0.1) is 17.7 Å². The van der Waals surface area contributed by atoms with E-state index < -0.39 is 15.9 Å². The number of hydrogen-bond donors (Lipinski definition) is 2. The zero-order valence-corrected chi connectivity index (χ0v) is 19.0. The molecule has 1 fully saturated rings. The van der Waals surface area contributed by atoms with E-state index in [1.165, 1.54) is 48.7 Å². The average Bonchev–Trinajstić information content (AvgIpc) is 3.19. The lowest BCUT2D eigenvalue weighted by Crippen LogP contribution is -2.37. The third kappa shape index (κ3) is 5.07. The SMILES string of the molecule is COc1ccccc1N1CCN(CC(=O)Nc2ccc(S(=O)(=O)Nc3ncccn3)cc2)C1=O. The average molecular weight is 483 g/mol. The standard InChI is InChI=1S/C22H22N6O5S/c1-33-19-6-3-2-5-18(19)28-14-13-27(22(28)30)15-20(29)25-16-7-9-17(10-8-16)34(31,32)26-21-23-11-4-12-24-21/h2-12H,13-15H2,1H3,(H,25,29)(H,23,24,26). The van der Waals surface area contributed by atoms with Crippen LogP contribution in [0.3, 0.4) is 0 Å². The molecule has 34 heavy (non-hydrogen) atoms. The van der Waals surface area contributed by atoms with Crippen LogP contribution in [0, 0.1) is 0 Å². The molecule has 176 valence electrons. The van der Waals surface area contributed by atoms with Crippen molar-refractivity contribution in [3.8, 4) is 5.75 Å². The van der Waals surface area contributed by atoms with Crippen LogP contribution in [0.5, 0.6) is 5.75 Å². The van der Waals surface area contributed by atoms with Gasteiger partial charge in [-0.1, -0.05) is 12.1 Å². The van der Waals surface area contributed by atoms with Crippen molar-refractivity contribution in [1.82, 2.24) is 14.9 Å². The van der Waals surface area contributed by atoms with Gasteiger partial charge in [-0.3, -0.25) is 9.69 Å². The molecule has 4 rings (SSSR count). The maximum absolute atomic E-state index is 12.8. The van der Waals surface area contributed by atoms with E-state index in [1.807, 2.05) is 12.1 Å². The predicted octanol–water partition coefficient (Wildman–Crippen LogP) is 2.17. The number of nitrogens with one attached hydrogen (secondary N) is 2. The van der Waals surface area contributed by atoms with Crippen LogP contribution < -0.4 is 19.7 Å². The number of hydrogen-bond acceptors (Lipinski definition) is 7. The topological polar surface area (TPSA) is 134 Å². The Hall–Kier alpha value is -4.19. The number of ether oxygens (including phenoxy) is 1. The number of anilines is 3. The molecular formula is C22H22N6O5S. The number of aromatic nitrogens is 2. The van der Waals surface area contributed by atoms with Gasteiger partial charge in [-0.25, -0.2) is 27.9 Å². The second kappa shape index (κ2) is 9.75. The van der Waals surface area contributed by atoms with E-state index in [-0.39, 0.29) is 23.4 Å². The molecule has 0 aliphatic carbocycles. The van der Waals surface area contributed by atoms with Gasteiger partial charge >= 0.3 is 6.03 Å². The molecule has 1 saturated heterocycles. The summed E-state index contributed by atoms with van der Waals surface area (Å²) in [5.41, 5.74) is 1.04. The lowest BCUT2D eigenvalue weighted by Gasteiger charge is -2.20. The number of rotatable bonds is 8. The Bertz CT molecular complexity index is 1280. The fraction of sp³-hybridized carbons (Fsp3) is 0.182. The summed E-state index contributed by atoms with van der Waals surface area (Å²) in [7, 11) is -2.34. The number of nitrogens with zero attached hydrogens (tertiary/aromatic N) is 4. The number of sulfonamides is 1. The molecule has 3 amide bonds. The molecule has 1 aliphatic heterocycles. The van der Waals surface area contributed by atoms with Crippen LogP contribution >= 0.6 is 0 Å². The summed E-state index contributed by atoms with van der Waals surface area (Å²) in [5.74, 6) is 0.129. The van der Waals surface area contributed by atoms with Gasteiger partial charge in [0.15, 0.2) is 0 Å². The van der Waals surface area contributed by atoms with Crippen molar-refractivity contribution in [1.29, 1.82) is 0 Å².